The summed E-state index contributed by atoms with van der Waals surface area (Å²) in [6.07, 6.45) is 9.12. The summed E-state index contributed by atoms with van der Waals surface area (Å²) >= 11 is 0. The van der Waals surface area contributed by atoms with Gasteiger partial charge >= 0.3 is 0 Å². The molecule has 3 aliphatic rings. The Bertz CT molecular complexity index is 174. The first-order valence-electron chi connectivity index (χ1n) is 5.67. The molecule has 0 bridgehead atoms. The lowest BCUT2D eigenvalue weighted by Gasteiger charge is -2.35. The van der Waals surface area contributed by atoms with Gasteiger partial charge < -0.3 is 4.90 Å². The predicted molar refractivity (Wildman–Crippen MR) is 50.0 cm³/mol. The molecule has 12 heavy (non-hydrogen) atoms. The van der Waals surface area contributed by atoms with Crippen molar-refractivity contribution in [2.75, 3.05) is 13.1 Å². The fraction of sp³-hybridized carbons (Fsp3) is 1.00. The third-order valence-corrected chi connectivity index (χ3v) is 4.13. The summed E-state index contributed by atoms with van der Waals surface area (Å²) in [4.78, 5) is 2.77. The average Bonchev–Trinajstić information content (AvgIpc) is 2.84. The zero-order chi connectivity index (χ0) is 7.97. The van der Waals surface area contributed by atoms with E-state index in [1.807, 2.05) is 0 Å². The quantitative estimate of drug-likeness (QED) is 0.576. The van der Waals surface area contributed by atoms with E-state index in [9.17, 15) is 0 Å². The summed E-state index contributed by atoms with van der Waals surface area (Å²) in [5, 5.41) is 0. The third-order valence-electron chi connectivity index (χ3n) is 4.13. The molecule has 3 rings (SSSR count). The standard InChI is InChI=1S/C11H19N/c1-2-11-6-5-10(9-3-4-9)8-12(11)7-1/h9-11H,1-8H2. The lowest BCUT2D eigenvalue weighted by Crippen LogP contribution is -2.39. The molecule has 0 spiro atoms. The van der Waals surface area contributed by atoms with Crippen molar-refractivity contribution in [1.82, 2.24) is 4.90 Å². The minimum Gasteiger partial charge on any atom is -0.300 e. The SMILES string of the molecule is C1CC2CCC(C3CC3)CN2C1. The van der Waals surface area contributed by atoms with E-state index in [0.29, 0.717) is 0 Å². The van der Waals surface area contributed by atoms with Crippen molar-refractivity contribution >= 4 is 0 Å². The monoisotopic (exact) mass is 165 g/mol. The molecular weight excluding hydrogens is 146 g/mol. The van der Waals surface area contributed by atoms with E-state index in [1.54, 1.807) is 19.3 Å². The van der Waals surface area contributed by atoms with Crippen molar-refractivity contribution in [3.63, 3.8) is 0 Å². The van der Waals surface area contributed by atoms with Gasteiger partial charge in [0.1, 0.15) is 0 Å². The molecule has 2 saturated heterocycles. The molecule has 1 saturated carbocycles. The van der Waals surface area contributed by atoms with Crippen LogP contribution in [0.2, 0.25) is 0 Å². The van der Waals surface area contributed by atoms with Crippen LogP contribution in [0.25, 0.3) is 0 Å². The average molecular weight is 165 g/mol. The van der Waals surface area contributed by atoms with Gasteiger partial charge in [-0.1, -0.05) is 0 Å². The Morgan fingerprint density at radius 3 is 2.50 bits per heavy atom. The van der Waals surface area contributed by atoms with Gasteiger partial charge in [0.05, 0.1) is 0 Å². The topological polar surface area (TPSA) is 3.24 Å². The van der Waals surface area contributed by atoms with Gasteiger partial charge in [0.25, 0.3) is 0 Å². The normalized spacial score (nSPS) is 43.0. The molecule has 1 aliphatic carbocycles. The maximum Gasteiger partial charge on any atom is 0.00959 e. The molecule has 0 aromatic rings. The molecule has 0 aromatic heterocycles. The summed E-state index contributed by atoms with van der Waals surface area (Å²) in [5.74, 6) is 2.24. The van der Waals surface area contributed by atoms with Crippen LogP contribution in [0, 0.1) is 11.8 Å². The molecule has 0 aromatic carbocycles. The minimum atomic E-state index is 1.000. The van der Waals surface area contributed by atoms with Crippen molar-refractivity contribution in [1.29, 1.82) is 0 Å². The molecule has 0 N–H and O–H groups in total. The smallest absolute Gasteiger partial charge is 0.00959 e. The molecule has 3 fully saturated rings. The van der Waals surface area contributed by atoms with Gasteiger partial charge in [-0.05, 0) is 56.9 Å². The van der Waals surface area contributed by atoms with Gasteiger partial charge in [0.15, 0.2) is 0 Å². The Balaban J connectivity index is 1.64. The van der Waals surface area contributed by atoms with Gasteiger partial charge in [-0.2, -0.15) is 0 Å². The summed E-state index contributed by atoms with van der Waals surface area (Å²) in [6.45, 7) is 2.86. The van der Waals surface area contributed by atoms with E-state index in [2.05, 4.69) is 4.90 Å². The summed E-state index contributed by atoms with van der Waals surface area (Å²) in [6, 6.07) is 1.000. The number of hydrogen-bond donors (Lipinski definition) is 0. The second kappa shape index (κ2) is 2.73. The molecule has 0 radical (unpaired) electrons. The number of nitrogens with zero attached hydrogens (tertiary/aromatic N) is 1. The van der Waals surface area contributed by atoms with E-state index in [1.165, 1.54) is 32.4 Å². The summed E-state index contributed by atoms with van der Waals surface area (Å²) in [7, 11) is 0. The first-order chi connectivity index (χ1) is 5.93. The van der Waals surface area contributed by atoms with Crippen LogP contribution >= 0.6 is 0 Å². The highest BCUT2D eigenvalue weighted by molar-refractivity contribution is 4.91. The first-order valence-corrected chi connectivity index (χ1v) is 5.67. The van der Waals surface area contributed by atoms with E-state index < -0.39 is 0 Å². The van der Waals surface area contributed by atoms with Crippen LogP contribution in [0.4, 0.5) is 0 Å². The van der Waals surface area contributed by atoms with Crippen LogP contribution in [-0.4, -0.2) is 24.0 Å². The Labute approximate surface area is 75.1 Å². The molecular formula is C11H19N. The van der Waals surface area contributed by atoms with Crippen LogP contribution in [0.1, 0.15) is 38.5 Å². The fourth-order valence-electron chi connectivity index (χ4n) is 3.21. The molecule has 2 unspecified atom stereocenters. The fourth-order valence-corrected chi connectivity index (χ4v) is 3.21. The number of hydrogen-bond acceptors (Lipinski definition) is 1. The van der Waals surface area contributed by atoms with Crippen LogP contribution in [0.15, 0.2) is 0 Å². The zero-order valence-corrected chi connectivity index (χ0v) is 7.84. The van der Waals surface area contributed by atoms with Crippen molar-refractivity contribution < 1.29 is 0 Å². The van der Waals surface area contributed by atoms with Gasteiger partial charge in [-0.3, -0.25) is 0 Å². The maximum absolute atomic E-state index is 2.77. The highest BCUT2D eigenvalue weighted by atomic mass is 15.2. The predicted octanol–water partition coefficient (Wildman–Crippen LogP) is 2.27. The van der Waals surface area contributed by atoms with E-state index >= 15 is 0 Å². The van der Waals surface area contributed by atoms with Crippen molar-refractivity contribution in [3.8, 4) is 0 Å². The molecule has 2 aliphatic heterocycles. The van der Waals surface area contributed by atoms with Crippen LogP contribution in [0.5, 0.6) is 0 Å². The Kier molecular flexibility index (Phi) is 1.68. The largest absolute Gasteiger partial charge is 0.300 e. The number of piperidine rings is 1. The highest BCUT2D eigenvalue weighted by Gasteiger charge is 2.38. The van der Waals surface area contributed by atoms with Gasteiger partial charge in [-0.15, -0.1) is 0 Å². The van der Waals surface area contributed by atoms with Gasteiger partial charge in [0.2, 0.25) is 0 Å². The van der Waals surface area contributed by atoms with Crippen molar-refractivity contribution in [2.45, 2.75) is 44.6 Å². The van der Waals surface area contributed by atoms with E-state index in [0.717, 1.165) is 17.9 Å². The molecule has 2 heterocycles. The lowest BCUT2D eigenvalue weighted by molar-refractivity contribution is 0.135. The van der Waals surface area contributed by atoms with Gasteiger partial charge in [-0.25, -0.2) is 0 Å². The second-order valence-electron chi connectivity index (χ2n) is 4.97. The second-order valence-corrected chi connectivity index (χ2v) is 4.97. The molecule has 1 heteroatoms. The van der Waals surface area contributed by atoms with Crippen LogP contribution < -0.4 is 0 Å². The number of rotatable bonds is 1. The summed E-state index contributed by atoms with van der Waals surface area (Å²) in [5.41, 5.74) is 0. The van der Waals surface area contributed by atoms with E-state index in [4.69, 9.17) is 0 Å². The molecule has 2 atom stereocenters. The third kappa shape index (κ3) is 1.19. The molecule has 1 nitrogen and oxygen atoms in total. The zero-order valence-electron chi connectivity index (χ0n) is 7.84. The number of fused-ring (bicyclic) bond motifs is 1. The Morgan fingerprint density at radius 2 is 1.67 bits per heavy atom. The Morgan fingerprint density at radius 1 is 0.833 bits per heavy atom. The van der Waals surface area contributed by atoms with Crippen molar-refractivity contribution in [2.24, 2.45) is 11.8 Å². The van der Waals surface area contributed by atoms with Gasteiger partial charge in [0, 0.05) is 12.6 Å². The first kappa shape index (κ1) is 7.37. The minimum absolute atomic E-state index is 1.000. The summed E-state index contributed by atoms with van der Waals surface area (Å²) < 4.78 is 0. The highest BCUT2D eigenvalue weighted by Crippen LogP contribution is 2.43. The lowest BCUT2D eigenvalue weighted by atomic mass is 9.90. The van der Waals surface area contributed by atoms with Crippen molar-refractivity contribution in [3.05, 3.63) is 0 Å². The Hall–Kier alpha value is -0.0400. The van der Waals surface area contributed by atoms with E-state index in [-0.39, 0.29) is 0 Å². The molecule has 68 valence electrons. The van der Waals surface area contributed by atoms with Crippen LogP contribution in [-0.2, 0) is 0 Å². The van der Waals surface area contributed by atoms with Crippen LogP contribution in [0.3, 0.4) is 0 Å². The molecule has 0 amide bonds. The maximum atomic E-state index is 2.77.